The lowest BCUT2D eigenvalue weighted by molar-refractivity contribution is -0.941. The van der Waals surface area contributed by atoms with Crippen LogP contribution in [0.2, 0.25) is 0 Å². The molecule has 776 valence electrons. The molecule has 19 N–H and O–H groups in total. The van der Waals surface area contributed by atoms with Crippen molar-refractivity contribution in [3.05, 3.63) is 0 Å². The summed E-state index contributed by atoms with van der Waals surface area (Å²) < 4.78 is 80.3. The third-order valence-corrected chi connectivity index (χ3v) is 22.4. The van der Waals surface area contributed by atoms with Crippen molar-refractivity contribution >= 4 is 43.6 Å². The van der Waals surface area contributed by atoms with Gasteiger partial charge >= 0.3 is 0 Å². The molecule has 3 aliphatic heterocycles. The number of ether oxygens (including phenoxy) is 6. The lowest BCUT2D eigenvalue weighted by Crippen LogP contribution is -2.67. The van der Waals surface area contributed by atoms with Crippen molar-refractivity contribution in [1.82, 2.24) is 55.6 Å². The van der Waals surface area contributed by atoms with E-state index < -0.39 is 36.1 Å². The van der Waals surface area contributed by atoms with Crippen molar-refractivity contribution in [3.63, 3.8) is 0 Å². The molecule has 0 aliphatic carbocycles. The fraction of sp³-hybridized carbons (Fsp3) is 0.955. The van der Waals surface area contributed by atoms with E-state index in [1.165, 1.54) is 61.6 Å². The molecule has 3 amide bonds. The molecule has 3 heterocycles. The first-order valence-electron chi connectivity index (χ1n) is 46.4. The van der Waals surface area contributed by atoms with Crippen LogP contribution in [0, 0.1) is 47.3 Å². The number of piperazine rings is 3. The van der Waals surface area contributed by atoms with Gasteiger partial charge in [-0.1, -0.05) is 111 Å². The van der Waals surface area contributed by atoms with Crippen molar-refractivity contribution in [2.75, 3.05) is 311 Å². The summed E-state index contributed by atoms with van der Waals surface area (Å²) in [6.07, 6.45) is 3.82. The number of likely N-dealkylation sites (N-methyl/N-ethyl adjacent to an activating group) is 3. The molecular formula is C88H197N12O26S2+. The van der Waals surface area contributed by atoms with E-state index in [0.717, 1.165) is 65.2 Å². The van der Waals surface area contributed by atoms with E-state index in [2.05, 4.69) is 109 Å². The number of Topliss-reactive ketones (excluding diaryl/α,β-unsaturated/α-hetero) is 1. The highest BCUT2D eigenvalue weighted by atomic mass is 32.2. The van der Waals surface area contributed by atoms with Crippen molar-refractivity contribution in [2.45, 2.75) is 193 Å². The third kappa shape index (κ3) is 96.0. The Bertz CT molecular complexity index is 2600. The Labute approximate surface area is 776 Å². The second-order valence-electron chi connectivity index (χ2n) is 34.9. The number of nitrogens with zero attached hydrogens (tertiary/aromatic N) is 5. The second kappa shape index (κ2) is 95.6. The Balaban J connectivity index is -0.000000209. The SMILES string of the molecule is CC(C)C(=O)N(C)CCOCCO.CC(C)C(=O)NCCC[N+]12CCN(CC1)CC2.CC(C)C(=O)NCCOCCO.CC(C)CN(C)CCOCCO.CC(C)CNC(CO)(CO)CO.CC(C)CNC(CO)CO.CC(C)CNCCCC(=O)CCCO.CC(C)CNCCOCCO.CC(C)S(=O)(=O)N(C)CCOCCO.CC(C)S(=O)(=O)NCCOCCO. The maximum absolute atomic E-state index is 11.5. The minimum Gasteiger partial charge on any atom is -0.396 e. The van der Waals surface area contributed by atoms with Gasteiger partial charge in [-0.25, -0.2) is 25.9 Å². The number of aliphatic hydroxyl groups excluding tert-OH is 12. The lowest BCUT2D eigenvalue weighted by atomic mass is 10.0. The van der Waals surface area contributed by atoms with E-state index >= 15 is 0 Å². The van der Waals surface area contributed by atoms with Gasteiger partial charge in [-0.15, -0.1) is 0 Å². The number of aliphatic hydroxyl groups is 12. The monoisotopic (exact) mass is 1900 g/mol. The molecule has 0 unspecified atom stereocenters. The summed E-state index contributed by atoms with van der Waals surface area (Å²) >= 11 is 0. The molecular weight excluding hydrogens is 1710 g/mol. The zero-order chi connectivity index (χ0) is 99.8. The molecule has 2 bridgehead atoms. The van der Waals surface area contributed by atoms with Crippen LogP contribution in [0.3, 0.4) is 0 Å². The highest BCUT2D eigenvalue weighted by Gasteiger charge is 2.38. The predicted molar refractivity (Wildman–Crippen MR) is 511 cm³/mol. The molecule has 38 nitrogen and oxygen atoms in total. The molecule has 3 aliphatic rings. The van der Waals surface area contributed by atoms with Gasteiger partial charge in [-0.2, -0.15) is 0 Å². The minimum absolute atomic E-state index is 0.00319. The Hall–Kier alpha value is -3.10. The molecule has 3 rings (SSSR count). The standard InChI is InChI=1S/C13H25N3O.C11H23NO2.C9H19NO3.C9H21NO2.C8H19NO4S.C8H19NO3.C8H17NO3.C8H19NO2.C7H17NO4S.C7H17NO2/c1-12(2)13(17)14-4-3-8-16-9-5-15(6-10-16)7-11-16;1-10(2)9-12-7-3-5-11(14)6-4-8-13;1-8(2)9(12)10(3)4-6-13-7-5-11;1-9(2)8-10(3)4-6-12-7-5-11;1-8(2)14(11,12)9(3)4-6-13-7-5-10;1-7(2)3-9-8(4-10,5-11)6-12;1-7(2)8(11)9-3-5-12-6-4-10;1-8(2)7-9-3-5-11-6-4-10;1-7(2)13(10,11)8-3-5-12-6-4-9;1-6(2)3-8-7(4-9)5-10/h12H,3-11H2,1-2H3;10,12-13H,3-9H2,1-2H3;8,11H,4-7H2,1-3H3;9,11H,4-8H2,1-3H3;8,10H,4-7H2,1-3H3;7,9-12H,3-6H2,1-2H3;7,10H,3-6H2,1-2H3,(H,9,11);8-10H,3-7H2,1-2H3;7-9H,3-6H2,1-2H3;6-10H,3-5H2,1-2H3/p+1. The van der Waals surface area contributed by atoms with Crippen LogP contribution < -0.4 is 36.6 Å². The summed E-state index contributed by atoms with van der Waals surface area (Å²) in [5.74, 6) is 3.80. The number of sulfonamides is 2. The van der Waals surface area contributed by atoms with E-state index in [-0.39, 0.29) is 153 Å². The van der Waals surface area contributed by atoms with Crippen LogP contribution in [-0.2, 0) is 67.6 Å². The van der Waals surface area contributed by atoms with Crippen LogP contribution in [-0.4, -0.2) is 458 Å². The largest absolute Gasteiger partial charge is 0.396 e. The van der Waals surface area contributed by atoms with Gasteiger partial charge in [0.05, 0.1) is 200 Å². The topological polar surface area (TPSA) is 532 Å². The number of amides is 3. The summed E-state index contributed by atoms with van der Waals surface area (Å²) in [6.45, 7) is 62.5. The van der Waals surface area contributed by atoms with Crippen LogP contribution in [0.1, 0.15) is 171 Å². The number of ketones is 1. The molecule has 0 spiro atoms. The summed E-state index contributed by atoms with van der Waals surface area (Å²) in [6, 6.07) is -0.151. The molecule has 0 aromatic rings. The molecule has 128 heavy (non-hydrogen) atoms. The van der Waals surface area contributed by atoms with Crippen LogP contribution >= 0.6 is 0 Å². The van der Waals surface area contributed by atoms with Gasteiger partial charge in [0.15, 0.2) is 0 Å². The zero-order valence-corrected chi connectivity index (χ0v) is 85.8. The highest BCUT2D eigenvalue weighted by Crippen LogP contribution is 2.20. The van der Waals surface area contributed by atoms with Crippen LogP contribution in [0.5, 0.6) is 0 Å². The number of carbonyl (C=O) groups excluding carboxylic acids is 4. The van der Waals surface area contributed by atoms with E-state index in [1.807, 2.05) is 55.4 Å². The molecule has 0 aromatic carbocycles. The van der Waals surface area contributed by atoms with E-state index in [0.29, 0.717) is 134 Å². The maximum atomic E-state index is 11.5. The van der Waals surface area contributed by atoms with Crippen molar-refractivity contribution in [3.8, 4) is 0 Å². The molecule has 3 saturated heterocycles. The quantitative estimate of drug-likeness (QED) is 0.0279. The maximum Gasteiger partial charge on any atom is 0.224 e. The highest BCUT2D eigenvalue weighted by molar-refractivity contribution is 7.90. The number of fused-ring (bicyclic) bond motifs is 3. The predicted octanol–water partition coefficient (Wildman–Crippen LogP) is -0.129. The first-order chi connectivity index (χ1) is 60.2. The molecule has 0 saturated carbocycles. The smallest absolute Gasteiger partial charge is 0.224 e. The minimum atomic E-state index is -3.18. The first kappa shape index (κ1) is 140. The number of hydrogen-bond acceptors (Lipinski definition) is 32. The molecule has 40 heteroatoms. The van der Waals surface area contributed by atoms with Crippen molar-refractivity contribution in [2.24, 2.45) is 47.3 Å². The fourth-order valence-corrected chi connectivity index (χ4v) is 12.0. The van der Waals surface area contributed by atoms with E-state index in [9.17, 15) is 36.0 Å². The molecule has 0 atom stereocenters. The van der Waals surface area contributed by atoms with Gasteiger partial charge in [0, 0.05) is 130 Å². The normalized spacial score (nSPS) is 14.2. The molecule has 3 fully saturated rings. The number of hydrogen-bond donors (Lipinski definition) is 19. The Morgan fingerprint density at radius 1 is 0.414 bits per heavy atom. The van der Waals surface area contributed by atoms with Gasteiger partial charge < -0.3 is 136 Å². The van der Waals surface area contributed by atoms with Gasteiger partial charge in [-0.3, -0.25) is 24.1 Å². The Kier molecular flexibility index (Phi) is 105. The third-order valence-electron chi connectivity index (χ3n) is 18.3. The van der Waals surface area contributed by atoms with Gasteiger partial charge in [0.1, 0.15) is 5.78 Å². The van der Waals surface area contributed by atoms with Gasteiger partial charge in [-0.05, 0) is 110 Å². The summed E-state index contributed by atoms with van der Waals surface area (Å²) in [5, 5.41) is 120. The van der Waals surface area contributed by atoms with E-state index in [4.69, 9.17) is 89.7 Å². The summed E-state index contributed by atoms with van der Waals surface area (Å²) in [7, 11) is -0.985. The first-order valence-corrected chi connectivity index (χ1v) is 49.5. The Morgan fingerprint density at radius 2 is 0.805 bits per heavy atom. The zero-order valence-electron chi connectivity index (χ0n) is 84.1. The Morgan fingerprint density at radius 3 is 1.18 bits per heavy atom. The lowest BCUT2D eigenvalue weighted by Gasteiger charge is -2.50. The van der Waals surface area contributed by atoms with Crippen molar-refractivity contribution < 1.29 is 130 Å². The number of carbonyl (C=O) groups is 4. The number of nitrogens with one attached hydrogen (secondary N) is 7. The van der Waals surface area contributed by atoms with Crippen molar-refractivity contribution in [1.29, 1.82) is 0 Å². The summed E-state index contributed by atoms with van der Waals surface area (Å²) in [4.78, 5) is 51.3. The van der Waals surface area contributed by atoms with Crippen LogP contribution in [0.25, 0.3) is 0 Å². The number of rotatable bonds is 65. The van der Waals surface area contributed by atoms with Crippen LogP contribution in [0.15, 0.2) is 0 Å². The number of quaternary nitrogens is 1. The average Bonchev–Trinajstić information content (AvgIpc) is 0.803. The summed E-state index contributed by atoms with van der Waals surface area (Å²) in [5.41, 5.74) is -0.926. The van der Waals surface area contributed by atoms with E-state index in [1.54, 1.807) is 39.6 Å². The second-order valence-corrected chi connectivity index (χ2v) is 39.8. The fourth-order valence-electron chi connectivity index (χ4n) is 10.2. The van der Waals surface area contributed by atoms with Gasteiger partial charge in [0.2, 0.25) is 37.8 Å². The molecule has 0 radical (unpaired) electrons. The van der Waals surface area contributed by atoms with Gasteiger partial charge in [0.25, 0.3) is 0 Å². The molecule has 0 aromatic heterocycles. The average molecular weight is 1900 g/mol. The van der Waals surface area contributed by atoms with Crippen LogP contribution in [0.4, 0.5) is 0 Å².